The van der Waals surface area contributed by atoms with Gasteiger partial charge in [0.2, 0.25) is 11.7 Å². The number of aromatic amines is 1. The van der Waals surface area contributed by atoms with Gasteiger partial charge in [-0.3, -0.25) is 9.78 Å². The fourth-order valence-electron chi connectivity index (χ4n) is 3.81. The van der Waals surface area contributed by atoms with Crippen molar-refractivity contribution in [2.45, 2.75) is 37.5 Å². The molecule has 1 saturated heterocycles. The van der Waals surface area contributed by atoms with E-state index in [2.05, 4.69) is 9.97 Å². The number of aliphatic hydroxyl groups excluding tert-OH is 4. The second-order valence-corrected chi connectivity index (χ2v) is 7.39. The van der Waals surface area contributed by atoms with Gasteiger partial charge in [0, 0.05) is 0 Å². The summed E-state index contributed by atoms with van der Waals surface area (Å²) in [6, 6.07) is 6.85. The monoisotopic (exact) mass is 418 g/mol. The number of fused-ring (bicyclic) bond motifs is 1. The summed E-state index contributed by atoms with van der Waals surface area (Å²) in [6.07, 6.45) is -3.34. The molecule has 5 atom stereocenters. The largest absolute Gasteiger partial charge is 0.394 e. The van der Waals surface area contributed by atoms with Crippen LogP contribution in [0.5, 0.6) is 0 Å². The first kappa shape index (κ1) is 20.4. The number of hydrogen-bond acceptors (Lipinski definition) is 8. The maximum atomic E-state index is 12.7. The molecule has 0 aliphatic carbocycles. The van der Waals surface area contributed by atoms with Crippen LogP contribution in [-0.2, 0) is 4.74 Å². The average molecular weight is 418 g/mol. The van der Waals surface area contributed by atoms with Crippen molar-refractivity contribution in [1.82, 2.24) is 14.5 Å². The van der Waals surface area contributed by atoms with E-state index in [9.17, 15) is 25.2 Å². The number of hydrogen-bond donors (Lipinski definition) is 6. The summed E-state index contributed by atoms with van der Waals surface area (Å²) < 4.78 is 8.51. The smallest absolute Gasteiger partial charge is 0.313 e. The molecule has 0 spiro atoms. The molecule has 0 bridgehead atoms. The van der Waals surface area contributed by atoms with E-state index < -0.39 is 42.7 Å². The normalized spacial score (nSPS) is 25.1. The maximum Gasteiger partial charge on any atom is 0.313 e. The van der Waals surface area contributed by atoms with Crippen molar-refractivity contribution >= 4 is 17.1 Å². The van der Waals surface area contributed by atoms with Crippen molar-refractivity contribution in [2.24, 2.45) is 0 Å². The molecule has 0 unspecified atom stereocenters. The molecule has 11 nitrogen and oxygen atoms in total. The Morgan fingerprint density at radius 1 is 1.27 bits per heavy atom. The molecule has 0 amide bonds. The molecule has 4 rings (SSSR count). The van der Waals surface area contributed by atoms with Gasteiger partial charge in [-0.15, -0.1) is 0 Å². The fourth-order valence-corrected chi connectivity index (χ4v) is 3.81. The van der Waals surface area contributed by atoms with Gasteiger partial charge in [-0.05, 0) is 12.5 Å². The molecule has 7 N–H and O–H groups in total. The maximum absolute atomic E-state index is 12.7. The number of H-pyrrole nitrogens is 1. The average Bonchev–Trinajstić information content (AvgIpc) is 3.22. The predicted octanol–water partition coefficient (Wildman–Crippen LogP) is -1.90. The second-order valence-electron chi connectivity index (χ2n) is 7.39. The molecule has 3 aromatic rings. The lowest BCUT2D eigenvalue weighted by molar-refractivity contribution is -0.746. The van der Waals surface area contributed by atoms with Crippen LogP contribution in [0.4, 0.5) is 5.95 Å². The third kappa shape index (κ3) is 3.26. The number of nitrogens with one attached hydrogen (secondary N) is 1. The fraction of sp³-hybridized carbons (Fsp3) is 0.421. The third-order valence-electron chi connectivity index (χ3n) is 5.41. The molecule has 1 aliphatic rings. The lowest BCUT2D eigenvalue weighted by Crippen LogP contribution is -2.46. The molecule has 1 aliphatic heterocycles. The number of aromatic nitrogens is 4. The van der Waals surface area contributed by atoms with Gasteiger partial charge in [0.25, 0.3) is 11.5 Å². The molecular weight excluding hydrogens is 394 g/mol. The highest BCUT2D eigenvalue weighted by Gasteiger charge is 2.47. The summed E-state index contributed by atoms with van der Waals surface area (Å²) >= 11 is 0. The minimum Gasteiger partial charge on any atom is -0.394 e. The van der Waals surface area contributed by atoms with Gasteiger partial charge in [-0.2, -0.15) is 0 Å². The molecule has 2 aromatic heterocycles. The summed E-state index contributed by atoms with van der Waals surface area (Å²) in [5.41, 5.74) is 7.21. The quantitative estimate of drug-likeness (QED) is 0.261. The summed E-state index contributed by atoms with van der Waals surface area (Å²) in [7, 11) is 0. The zero-order valence-electron chi connectivity index (χ0n) is 16.2. The number of nitrogens with two attached hydrogens (primary N) is 1. The lowest BCUT2D eigenvalue weighted by Gasteiger charge is -2.14. The highest BCUT2D eigenvalue weighted by Crippen LogP contribution is 2.28. The van der Waals surface area contributed by atoms with E-state index in [1.54, 1.807) is 0 Å². The molecule has 11 heteroatoms. The molecule has 0 saturated carbocycles. The summed E-state index contributed by atoms with van der Waals surface area (Å²) in [6.45, 7) is 1.13. The number of ether oxygens (including phenoxy) is 1. The van der Waals surface area contributed by atoms with Crippen LogP contribution in [0.3, 0.4) is 0 Å². The number of rotatable bonds is 5. The van der Waals surface area contributed by atoms with Gasteiger partial charge in [-0.25, -0.2) is 9.13 Å². The van der Waals surface area contributed by atoms with E-state index in [-0.39, 0.29) is 23.7 Å². The number of nitrogens with zero attached hydrogens (tertiary/aromatic N) is 3. The first-order valence-electron chi connectivity index (χ1n) is 9.47. The highest BCUT2D eigenvalue weighted by atomic mass is 16.6. The Morgan fingerprint density at radius 3 is 2.57 bits per heavy atom. The summed E-state index contributed by atoms with van der Waals surface area (Å²) in [4.78, 5) is 19.4. The van der Waals surface area contributed by atoms with Crippen molar-refractivity contribution in [1.29, 1.82) is 0 Å². The number of imidazole rings is 1. The van der Waals surface area contributed by atoms with Crippen LogP contribution in [0.1, 0.15) is 23.4 Å². The van der Waals surface area contributed by atoms with Gasteiger partial charge in [0.05, 0.1) is 13.2 Å². The van der Waals surface area contributed by atoms with Crippen LogP contribution < -0.4 is 15.9 Å². The topological polar surface area (TPSA) is 171 Å². The van der Waals surface area contributed by atoms with Crippen LogP contribution >= 0.6 is 0 Å². The Bertz CT molecular complexity index is 1110. The van der Waals surface area contributed by atoms with E-state index in [4.69, 9.17) is 10.5 Å². The Kier molecular flexibility index (Phi) is 5.30. The van der Waals surface area contributed by atoms with Crippen LogP contribution in [0, 0.1) is 6.92 Å². The van der Waals surface area contributed by atoms with E-state index in [1.165, 1.54) is 15.5 Å². The van der Waals surface area contributed by atoms with Crippen molar-refractivity contribution in [3.63, 3.8) is 0 Å². The van der Waals surface area contributed by atoms with E-state index in [0.717, 1.165) is 11.1 Å². The SMILES string of the molecule is Cc1ccc([C@H](CO)n2c[n+]([C@@H]3O[C@H](CO)[C@@H](O)[C@H]3O)c3nc(N)[nH]c(=O)c32)cc1. The van der Waals surface area contributed by atoms with Crippen LogP contribution in [0.25, 0.3) is 11.2 Å². The number of anilines is 1. The highest BCUT2D eigenvalue weighted by molar-refractivity contribution is 5.67. The Balaban J connectivity index is 1.91. The van der Waals surface area contributed by atoms with Crippen molar-refractivity contribution < 1.29 is 29.7 Å². The number of aliphatic hydroxyl groups is 4. The van der Waals surface area contributed by atoms with E-state index in [1.807, 2.05) is 31.2 Å². The Morgan fingerprint density at radius 2 is 1.97 bits per heavy atom. The third-order valence-corrected chi connectivity index (χ3v) is 5.41. The van der Waals surface area contributed by atoms with Crippen molar-refractivity contribution in [3.05, 3.63) is 52.1 Å². The summed E-state index contributed by atoms with van der Waals surface area (Å²) in [5, 5.41) is 40.1. The standard InChI is InChI=1S/C19H23N5O6/c1-9-2-4-10(5-3-9)11(6-25)23-8-24(16-13(23)17(29)22-19(20)21-16)18-15(28)14(27)12(7-26)30-18/h2-5,8,11-12,14-15,18,25-28H,6-7H2,1H3,(H2-,20,21,22,29)/p+1/t11-,12+,14+,15+,18+/m0/s1. The van der Waals surface area contributed by atoms with Gasteiger partial charge in [0.15, 0.2) is 6.33 Å². The zero-order chi connectivity index (χ0) is 21.6. The van der Waals surface area contributed by atoms with E-state index >= 15 is 0 Å². The van der Waals surface area contributed by atoms with Gasteiger partial charge in [0.1, 0.15) is 24.4 Å². The molecule has 0 radical (unpaired) electrons. The van der Waals surface area contributed by atoms with Crippen molar-refractivity contribution in [3.8, 4) is 0 Å². The molecule has 1 fully saturated rings. The first-order chi connectivity index (χ1) is 14.3. The predicted molar refractivity (Wildman–Crippen MR) is 104 cm³/mol. The minimum atomic E-state index is -1.37. The lowest BCUT2D eigenvalue weighted by atomic mass is 10.1. The van der Waals surface area contributed by atoms with Crippen LogP contribution in [-0.4, -0.2) is 66.5 Å². The molecule has 160 valence electrons. The van der Waals surface area contributed by atoms with Crippen LogP contribution in [0.2, 0.25) is 0 Å². The van der Waals surface area contributed by atoms with Crippen molar-refractivity contribution in [2.75, 3.05) is 18.9 Å². The Labute approximate surface area is 170 Å². The van der Waals surface area contributed by atoms with Crippen LogP contribution in [0.15, 0.2) is 35.4 Å². The van der Waals surface area contributed by atoms with Gasteiger partial charge >= 0.3 is 5.65 Å². The number of nitrogen functional groups attached to an aromatic ring is 1. The molecular formula is C19H24N5O6+. The van der Waals surface area contributed by atoms with E-state index in [0.29, 0.717) is 0 Å². The molecule has 30 heavy (non-hydrogen) atoms. The van der Waals surface area contributed by atoms with Gasteiger partial charge in [-0.1, -0.05) is 34.8 Å². The second kappa shape index (κ2) is 7.78. The first-order valence-corrected chi connectivity index (χ1v) is 9.47. The molecule has 1 aromatic carbocycles. The number of benzene rings is 1. The molecule has 3 heterocycles. The number of aryl methyl sites for hydroxylation is 1. The minimum absolute atomic E-state index is 0.108. The Hall–Kier alpha value is -2.83. The summed E-state index contributed by atoms with van der Waals surface area (Å²) in [5.74, 6) is -0.137. The zero-order valence-corrected chi connectivity index (χ0v) is 16.2. The van der Waals surface area contributed by atoms with Gasteiger partial charge < -0.3 is 30.9 Å².